The molecule has 0 aliphatic carbocycles. The smallest absolute Gasteiger partial charge is 0.339 e. The first-order valence-electron chi connectivity index (χ1n) is 4.11. The van der Waals surface area contributed by atoms with E-state index in [0.29, 0.717) is 3.57 Å². The summed E-state index contributed by atoms with van der Waals surface area (Å²) in [7, 11) is 1.13. The fourth-order valence-electron chi connectivity index (χ4n) is 1.14. The van der Waals surface area contributed by atoms with Crippen LogP contribution in [0, 0.1) is 14.9 Å². The second kappa shape index (κ2) is 5.21. The van der Waals surface area contributed by atoms with E-state index in [1.165, 1.54) is 6.07 Å². The van der Waals surface area contributed by atoms with E-state index in [1.807, 2.05) is 0 Å². The summed E-state index contributed by atoms with van der Waals surface area (Å²) in [6.45, 7) is 0. The van der Waals surface area contributed by atoms with Gasteiger partial charge in [0.1, 0.15) is 6.07 Å². The van der Waals surface area contributed by atoms with E-state index in [0.717, 1.165) is 13.2 Å². The first kappa shape index (κ1) is 12.8. The van der Waals surface area contributed by atoms with Crippen LogP contribution in [-0.2, 0) is 4.74 Å². The highest BCUT2D eigenvalue weighted by Gasteiger charge is 2.19. The molecule has 0 N–H and O–H groups in total. The maximum atomic E-state index is 12.5. The van der Waals surface area contributed by atoms with Crippen molar-refractivity contribution in [2.75, 3.05) is 7.11 Å². The Hall–Kier alpha value is -1.23. The number of halogens is 3. The number of ether oxygens (including phenoxy) is 1. The van der Waals surface area contributed by atoms with E-state index in [1.54, 1.807) is 28.7 Å². The van der Waals surface area contributed by atoms with Gasteiger partial charge in [-0.3, -0.25) is 0 Å². The zero-order valence-corrected chi connectivity index (χ0v) is 10.3. The van der Waals surface area contributed by atoms with Gasteiger partial charge in [-0.1, -0.05) is 0 Å². The van der Waals surface area contributed by atoms with Gasteiger partial charge in [0.15, 0.2) is 0 Å². The van der Waals surface area contributed by atoms with Crippen molar-refractivity contribution in [3.8, 4) is 6.07 Å². The van der Waals surface area contributed by atoms with E-state index >= 15 is 0 Å². The van der Waals surface area contributed by atoms with Crippen LogP contribution in [-0.4, -0.2) is 13.1 Å². The van der Waals surface area contributed by atoms with Crippen LogP contribution in [0.4, 0.5) is 8.78 Å². The third-order valence-electron chi connectivity index (χ3n) is 1.88. The number of carbonyl (C=O) groups is 1. The summed E-state index contributed by atoms with van der Waals surface area (Å²) < 4.78 is 29.7. The molecule has 0 saturated heterocycles. The van der Waals surface area contributed by atoms with Crippen molar-refractivity contribution in [3.63, 3.8) is 0 Å². The van der Waals surface area contributed by atoms with Gasteiger partial charge < -0.3 is 4.74 Å². The molecule has 0 heterocycles. The minimum Gasteiger partial charge on any atom is -0.465 e. The minimum atomic E-state index is -2.69. The molecule has 84 valence electrons. The molecule has 1 rings (SSSR count). The number of hydrogen-bond acceptors (Lipinski definition) is 3. The molecular weight excluding hydrogens is 331 g/mol. The largest absolute Gasteiger partial charge is 0.465 e. The summed E-state index contributed by atoms with van der Waals surface area (Å²) in [5.74, 6) is -0.794. The topological polar surface area (TPSA) is 50.1 Å². The van der Waals surface area contributed by atoms with Crippen LogP contribution in [0.25, 0.3) is 0 Å². The molecule has 0 bridgehead atoms. The maximum absolute atomic E-state index is 12.5. The summed E-state index contributed by atoms with van der Waals surface area (Å²) >= 11 is 1.73. The van der Waals surface area contributed by atoms with Crippen molar-refractivity contribution in [1.82, 2.24) is 0 Å². The molecular formula is C10H6F2INO2. The zero-order chi connectivity index (χ0) is 12.3. The molecule has 6 heteroatoms. The number of carbonyl (C=O) groups excluding carboxylic acids is 1. The highest BCUT2D eigenvalue weighted by molar-refractivity contribution is 14.1. The lowest BCUT2D eigenvalue weighted by Crippen LogP contribution is -2.07. The Morgan fingerprint density at radius 1 is 1.56 bits per heavy atom. The molecule has 0 amide bonds. The van der Waals surface area contributed by atoms with Gasteiger partial charge in [0, 0.05) is 9.13 Å². The van der Waals surface area contributed by atoms with E-state index in [-0.39, 0.29) is 16.7 Å². The van der Waals surface area contributed by atoms with Crippen LogP contribution >= 0.6 is 22.6 Å². The maximum Gasteiger partial charge on any atom is 0.339 e. The third-order valence-corrected chi connectivity index (χ3v) is 2.73. The monoisotopic (exact) mass is 337 g/mol. The van der Waals surface area contributed by atoms with Gasteiger partial charge in [0.25, 0.3) is 6.43 Å². The number of nitrogens with zero attached hydrogens (tertiary/aromatic N) is 1. The fourth-order valence-corrected chi connectivity index (χ4v) is 1.91. The fraction of sp³-hybridized carbons (Fsp3) is 0.200. The summed E-state index contributed by atoms with van der Waals surface area (Å²) in [6, 6.07) is 3.95. The molecule has 1 aromatic rings. The van der Waals surface area contributed by atoms with Gasteiger partial charge in [-0.25, -0.2) is 13.6 Å². The van der Waals surface area contributed by atoms with Crippen molar-refractivity contribution in [2.24, 2.45) is 0 Å². The molecule has 0 aromatic heterocycles. The number of hydrogen-bond donors (Lipinski definition) is 0. The minimum absolute atomic E-state index is 0.0526. The second-order valence-corrected chi connectivity index (χ2v) is 3.99. The Bertz CT molecular complexity index is 469. The van der Waals surface area contributed by atoms with Crippen LogP contribution < -0.4 is 0 Å². The Morgan fingerprint density at radius 2 is 2.19 bits per heavy atom. The quantitative estimate of drug-likeness (QED) is 0.616. The molecule has 3 nitrogen and oxygen atoms in total. The number of benzene rings is 1. The van der Waals surface area contributed by atoms with Crippen LogP contribution in [0.2, 0.25) is 0 Å². The molecule has 0 spiro atoms. The lowest BCUT2D eigenvalue weighted by atomic mass is 10.1. The molecule has 0 saturated carbocycles. The van der Waals surface area contributed by atoms with Crippen LogP contribution in [0.5, 0.6) is 0 Å². The number of methoxy groups -OCH3 is 1. The SMILES string of the molecule is COC(=O)c1cc(C(F)F)cc(I)c1C#N. The predicted molar refractivity (Wildman–Crippen MR) is 60.2 cm³/mol. The number of nitriles is 1. The van der Waals surface area contributed by atoms with Gasteiger partial charge in [-0.15, -0.1) is 0 Å². The number of rotatable bonds is 2. The first-order valence-corrected chi connectivity index (χ1v) is 5.19. The molecule has 0 aliphatic rings. The summed E-state index contributed by atoms with van der Waals surface area (Å²) in [4.78, 5) is 11.3. The van der Waals surface area contributed by atoms with E-state index in [9.17, 15) is 13.6 Å². The van der Waals surface area contributed by atoms with Crippen molar-refractivity contribution >= 4 is 28.6 Å². The highest BCUT2D eigenvalue weighted by atomic mass is 127. The van der Waals surface area contributed by atoms with E-state index < -0.39 is 12.4 Å². The Kier molecular flexibility index (Phi) is 4.18. The van der Waals surface area contributed by atoms with Gasteiger partial charge >= 0.3 is 5.97 Å². The van der Waals surface area contributed by atoms with Crippen molar-refractivity contribution in [2.45, 2.75) is 6.43 Å². The van der Waals surface area contributed by atoms with Crippen LogP contribution in [0.1, 0.15) is 27.9 Å². The highest BCUT2D eigenvalue weighted by Crippen LogP contribution is 2.26. The number of alkyl halides is 2. The lowest BCUT2D eigenvalue weighted by Gasteiger charge is -2.07. The van der Waals surface area contributed by atoms with Crippen molar-refractivity contribution in [1.29, 1.82) is 5.26 Å². The van der Waals surface area contributed by atoms with Gasteiger partial charge in [0.05, 0.1) is 18.2 Å². The summed E-state index contributed by atoms with van der Waals surface area (Å²) in [5.41, 5.74) is -0.382. The normalized spacial score (nSPS) is 10.0. The average molecular weight is 337 g/mol. The third kappa shape index (κ3) is 2.47. The predicted octanol–water partition coefficient (Wildman–Crippen LogP) is 2.89. The van der Waals surface area contributed by atoms with Crippen molar-refractivity contribution in [3.05, 3.63) is 32.4 Å². The Morgan fingerprint density at radius 3 is 2.62 bits per heavy atom. The zero-order valence-electron chi connectivity index (χ0n) is 8.13. The molecule has 0 unspecified atom stereocenters. The molecule has 0 fully saturated rings. The summed E-state index contributed by atoms with van der Waals surface area (Å²) in [5, 5.41) is 8.82. The summed E-state index contributed by atoms with van der Waals surface area (Å²) in [6.07, 6.45) is -2.69. The molecule has 16 heavy (non-hydrogen) atoms. The first-order chi connectivity index (χ1) is 7.51. The average Bonchev–Trinajstić information content (AvgIpc) is 2.26. The number of esters is 1. The Labute approximate surface area is 104 Å². The van der Waals surface area contributed by atoms with Crippen molar-refractivity contribution < 1.29 is 18.3 Å². The molecule has 0 radical (unpaired) electrons. The lowest BCUT2D eigenvalue weighted by molar-refractivity contribution is 0.0600. The second-order valence-electron chi connectivity index (χ2n) is 2.83. The Balaban J connectivity index is 3.44. The molecule has 0 atom stereocenters. The van der Waals surface area contributed by atoms with Crippen LogP contribution in [0.3, 0.4) is 0 Å². The van der Waals surface area contributed by atoms with Crippen LogP contribution in [0.15, 0.2) is 12.1 Å². The standard InChI is InChI=1S/C10H6F2INO2/c1-16-10(15)6-2-5(9(11)12)3-8(13)7(6)4-14/h2-3,9H,1H3. The van der Waals surface area contributed by atoms with E-state index in [2.05, 4.69) is 4.74 Å². The van der Waals surface area contributed by atoms with Gasteiger partial charge in [-0.2, -0.15) is 5.26 Å². The van der Waals surface area contributed by atoms with Gasteiger partial charge in [-0.05, 0) is 34.7 Å². The van der Waals surface area contributed by atoms with E-state index in [4.69, 9.17) is 5.26 Å². The molecule has 1 aromatic carbocycles. The van der Waals surface area contributed by atoms with Gasteiger partial charge in [0.2, 0.25) is 0 Å². The molecule has 0 aliphatic heterocycles.